The predicted octanol–water partition coefficient (Wildman–Crippen LogP) is 2.54. The lowest BCUT2D eigenvalue weighted by molar-refractivity contribution is -0.142. The molecule has 1 aliphatic carbocycles. The Kier molecular flexibility index (Phi) is 7.93. The summed E-state index contributed by atoms with van der Waals surface area (Å²) in [5, 5.41) is 3.02. The van der Waals surface area contributed by atoms with Crippen molar-refractivity contribution in [3.63, 3.8) is 0 Å². The highest BCUT2D eigenvalue weighted by molar-refractivity contribution is 5.89. The van der Waals surface area contributed by atoms with Crippen LogP contribution in [-0.2, 0) is 33.8 Å². The number of nitrogens with zero attached hydrogens (tertiary/aromatic N) is 2. The van der Waals surface area contributed by atoms with Crippen molar-refractivity contribution in [1.29, 1.82) is 0 Å². The lowest BCUT2D eigenvalue weighted by Gasteiger charge is -2.36. The third kappa shape index (κ3) is 5.69. The summed E-state index contributed by atoms with van der Waals surface area (Å²) >= 11 is 0. The lowest BCUT2D eigenvalue weighted by atomic mass is 9.94. The summed E-state index contributed by atoms with van der Waals surface area (Å²) in [4.78, 5) is 37.1. The number of carbonyl (C=O) groups is 2. The molecule has 1 aromatic heterocycles. The summed E-state index contributed by atoms with van der Waals surface area (Å²) in [6.07, 6.45) is 6.22. The highest BCUT2D eigenvalue weighted by atomic mass is 19.1. The maximum absolute atomic E-state index is 14.1. The van der Waals surface area contributed by atoms with Gasteiger partial charge >= 0.3 is 0 Å². The molecule has 1 fully saturated rings. The van der Waals surface area contributed by atoms with Crippen LogP contribution < -0.4 is 10.8 Å². The minimum Gasteiger partial charge on any atom is -0.352 e. The number of benzene rings is 1. The van der Waals surface area contributed by atoms with Crippen molar-refractivity contribution in [2.75, 3.05) is 7.11 Å². The lowest BCUT2D eigenvalue weighted by Crippen LogP contribution is -2.54. The number of carbonyl (C=O) groups excluding carboxylic acids is 2. The van der Waals surface area contributed by atoms with Crippen molar-refractivity contribution >= 4 is 11.8 Å². The molecule has 2 unspecified atom stereocenters. The summed E-state index contributed by atoms with van der Waals surface area (Å²) < 4.78 is 14.1. The molecule has 7 nitrogen and oxygen atoms in total. The zero-order chi connectivity index (χ0) is 21.8. The Balaban J connectivity index is 0.00000289. The van der Waals surface area contributed by atoms with E-state index in [-0.39, 0.29) is 37.5 Å². The Morgan fingerprint density at radius 1 is 1.25 bits per heavy atom. The number of rotatable bonds is 8. The van der Waals surface area contributed by atoms with Gasteiger partial charge in [-0.1, -0.05) is 25.6 Å². The van der Waals surface area contributed by atoms with Crippen LogP contribution in [0.2, 0.25) is 0 Å². The first kappa shape index (κ1) is 23.8. The smallest absolute Gasteiger partial charge is 0.243 e. The third-order valence-electron chi connectivity index (χ3n) is 5.81. The van der Waals surface area contributed by atoms with Crippen LogP contribution in [0.3, 0.4) is 0 Å². The van der Waals surface area contributed by atoms with Gasteiger partial charge in [0.15, 0.2) is 0 Å². The largest absolute Gasteiger partial charge is 0.352 e. The van der Waals surface area contributed by atoms with Crippen molar-refractivity contribution in [3.8, 4) is 0 Å². The van der Waals surface area contributed by atoms with Gasteiger partial charge in [-0.25, -0.2) is 4.39 Å². The van der Waals surface area contributed by atoms with Gasteiger partial charge in [0, 0.05) is 43.9 Å². The maximum atomic E-state index is 14.1. The molecule has 8 heteroatoms. The number of hydrogen-bond acceptors (Lipinski definition) is 5. The zero-order valence-electron chi connectivity index (χ0n) is 17.5. The molecule has 1 saturated carbocycles. The van der Waals surface area contributed by atoms with Crippen LogP contribution in [0.4, 0.5) is 4.39 Å². The molecule has 32 heavy (non-hydrogen) atoms. The quantitative estimate of drug-likeness (QED) is 0.614. The van der Waals surface area contributed by atoms with Gasteiger partial charge in [0.25, 0.3) is 0 Å². The molecule has 0 radical (unpaired) electrons. The van der Waals surface area contributed by atoms with Crippen LogP contribution in [0.25, 0.3) is 0 Å². The molecule has 1 aliphatic heterocycles. The normalized spacial score (nSPS) is 18.3. The predicted molar refractivity (Wildman–Crippen MR) is 119 cm³/mol. The standard InChI is InChI=1S/C23H27FN4O3.CH4/c1-31-27-19(10-15-4-2-3-5-20(15)24)12-22(29)28-14-16-8-9-25-13-17(16)11-21(28)23(30)26-18-6-7-18;/h2-5,8-9,13,18-19,21,27H,6-7,10-12,14H2,1H3,(H,26,30);1H4. The van der Waals surface area contributed by atoms with Crippen molar-refractivity contribution in [1.82, 2.24) is 20.7 Å². The van der Waals surface area contributed by atoms with E-state index in [9.17, 15) is 14.0 Å². The van der Waals surface area contributed by atoms with Crippen LogP contribution in [0.5, 0.6) is 0 Å². The second-order valence-electron chi connectivity index (χ2n) is 8.19. The molecule has 4 rings (SSSR count). The fourth-order valence-corrected chi connectivity index (χ4v) is 4.01. The van der Waals surface area contributed by atoms with Crippen LogP contribution in [0, 0.1) is 5.82 Å². The molecule has 2 amide bonds. The van der Waals surface area contributed by atoms with Gasteiger partial charge in [-0.15, -0.1) is 0 Å². The Labute approximate surface area is 188 Å². The number of hydroxylamine groups is 1. The molecule has 2 heterocycles. The van der Waals surface area contributed by atoms with Gasteiger partial charge in [-0.3, -0.25) is 14.6 Å². The summed E-state index contributed by atoms with van der Waals surface area (Å²) in [6, 6.07) is 7.57. The van der Waals surface area contributed by atoms with E-state index in [4.69, 9.17) is 4.84 Å². The molecule has 0 spiro atoms. The van der Waals surface area contributed by atoms with Crippen LogP contribution in [-0.4, -0.2) is 46.9 Å². The molecule has 0 bridgehead atoms. The van der Waals surface area contributed by atoms with Crippen LogP contribution >= 0.6 is 0 Å². The second-order valence-corrected chi connectivity index (χ2v) is 8.19. The van der Waals surface area contributed by atoms with Gasteiger partial charge in [0.2, 0.25) is 11.8 Å². The molecular formula is C24H31FN4O3. The van der Waals surface area contributed by atoms with Crippen molar-refractivity contribution in [2.45, 2.75) is 64.2 Å². The van der Waals surface area contributed by atoms with Gasteiger partial charge < -0.3 is 15.1 Å². The van der Waals surface area contributed by atoms with E-state index in [1.165, 1.54) is 13.2 Å². The SMILES string of the molecule is C.CONC(CC(=O)N1Cc2ccncc2CC1C(=O)NC1CC1)Cc1ccccc1F. The fraction of sp³-hybridized carbons (Fsp3) is 0.458. The van der Waals surface area contributed by atoms with E-state index in [0.29, 0.717) is 24.9 Å². The van der Waals surface area contributed by atoms with Crippen LogP contribution in [0.1, 0.15) is 43.4 Å². The minimum absolute atomic E-state index is 0. The number of halogens is 1. The first-order valence-corrected chi connectivity index (χ1v) is 10.6. The van der Waals surface area contributed by atoms with E-state index in [2.05, 4.69) is 15.8 Å². The highest BCUT2D eigenvalue weighted by Crippen LogP contribution is 2.26. The average molecular weight is 443 g/mol. The summed E-state index contributed by atoms with van der Waals surface area (Å²) in [5.74, 6) is -0.626. The Morgan fingerprint density at radius 2 is 2.03 bits per heavy atom. The monoisotopic (exact) mass is 442 g/mol. The van der Waals surface area contributed by atoms with Gasteiger partial charge in [-0.2, -0.15) is 5.48 Å². The van der Waals surface area contributed by atoms with Crippen molar-refractivity contribution in [2.24, 2.45) is 0 Å². The minimum atomic E-state index is -0.582. The number of aromatic nitrogens is 1. The molecule has 2 aromatic rings. The average Bonchev–Trinajstić information content (AvgIpc) is 3.58. The maximum Gasteiger partial charge on any atom is 0.243 e. The Morgan fingerprint density at radius 3 is 2.75 bits per heavy atom. The number of hydrogen-bond donors (Lipinski definition) is 2. The summed E-state index contributed by atoms with van der Waals surface area (Å²) in [6.45, 7) is 0.346. The van der Waals surface area contributed by atoms with Crippen molar-refractivity contribution < 1.29 is 18.8 Å². The Hall–Kier alpha value is -2.84. The molecule has 1 aromatic carbocycles. The van der Waals surface area contributed by atoms with Crippen LogP contribution in [0.15, 0.2) is 42.7 Å². The van der Waals surface area contributed by atoms with Gasteiger partial charge in [0.1, 0.15) is 11.9 Å². The third-order valence-corrected chi connectivity index (χ3v) is 5.81. The molecule has 0 saturated heterocycles. The molecule has 2 atom stereocenters. The summed E-state index contributed by atoms with van der Waals surface area (Å²) in [5.41, 5.74) is 5.29. The number of fused-ring (bicyclic) bond motifs is 1. The number of amides is 2. The fourth-order valence-electron chi connectivity index (χ4n) is 4.01. The Bertz CT molecular complexity index is 950. The van der Waals surface area contributed by atoms with Gasteiger partial charge in [-0.05, 0) is 48.1 Å². The highest BCUT2D eigenvalue weighted by Gasteiger charge is 2.37. The van der Waals surface area contributed by atoms with E-state index in [1.807, 2.05) is 6.07 Å². The molecule has 2 aliphatic rings. The summed E-state index contributed by atoms with van der Waals surface area (Å²) in [7, 11) is 1.47. The number of pyridine rings is 1. The van der Waals surface area contributed by atoms with E-state index in [1.54, 1.807) is 35.5 Å². The zero-order valence-corrected chi connectivity index (χ0v) is 17.5. The second kappa shape index (κ2) is 10.7. The topological polar surface area (TPSA) is 83.6 Å². The van der Waals surface area contributed by atoms with E-state index in [0.717, 1.165) is 24.0 Å². The molecule has 2 N–H and O–H groups in total. The van der Waals surface area contributed by atoms with E-state index < -0.39 is 12.1 Å². The van der Waals surface area contributed by atoms with Gasteiger partial charge in [0.05, 0.1) is 7.11 Å². The molecule has 172 valence electrons. The number of nitrogens with one attached hydrogen (secondary N) is 2. The molecular weight excluding hydrogens is 411 g/mol. The first-order chi connectivity index (χ1) is 15.0. The first-order valence-electron chi connectivity index (χ1n) is 10.6. The van der Waals surface area contributed by atoms with Crippen molar-refractivity contribution in [3.05, 3.63) is 65.2 Å². The van der Waals surface area contributed by atoms with E-state index >= 15 is 0 Å².